The van der Waals surface area contributed by atoms with E-state index >= 15 is 0 Å². The second-order valence-electron chi connectivity index (χ2n) is 6.31. The molecule has 1 heterocycles. The molecule has 0 amide bonds. The van der Waals surface area contributed by atoms with Gasteiger partial charge in [0.15, 0.2) is 0 Å². The lowest BCUT2D eigenvalue weighted by atomic mass is 10.0. The molecule has 0 aliphatic rings. The van der Waals surface area contributed by atoms with Gasteiger partial charge in [-0.1, -0.05) is 6.07 Å². The van der Waals surface area contributed by atoms with Crippen LogP contribution >= 0.6 is 11.3 Å². The third-order valence-electron chi connectivity index (χ3n) is 3.78. The van der Waals surface area contributed by atoms with Gasteiger partial charge in [0.2, 0.25) is 5.88 Å². The molecule has 2 rings (SSSR count). The molecule has 0 saturated heterocycles. The van der Waals surface area contributed by atoms with Gasteiger partial charge in [0.05, 0.1) is 23.5 Å². The first kappa shape index (κ1) is 18.5. The maximum Gasteiger partial charge on any atom is 0.224 e. The Balaban J connectivity index is 2.15. The van der Waals surface area contributed by atoms with Gasteiger partial charge in [-0.2, -0.15) is 0 Å². The Hall–Kier alpha value is -1.88. The minimum absolute atomic E-state index is 0.155. The predicted molar refractivity (Wildman–Crippen MR) is 103 cm³/mol. The van der Waals surface area contributed by atoms with Crippen LogP contribution in [-0.2, 0) is 6.42 Å². The SMILES string of the molecule is CCN(C)C=Nc1cc(C)c(Cc2nc(OC(C)C)cs2)cc1C. The number of aromatic nitrogens is 1. The van der Waals surface area contributed by atoms with Crippen molar-refractivity contribution in [3.63, 3.8) is 0 Å². The van der Waals surface area contributed by atoms with Crippen LogP contribution < -0.4 is 4.74 Å². The summed E-state index contributed by atoms with van der Waals surface area (Å²) in [6.45, 7) is 11.3. The third kappa shape index (κ3) is 5.06. The van der Waals surface area contributed by atoms with Crippen LogP contribution in [0, 0.1) is 13.8 Å². The molecule has 2 aromatic rings. The molecule has 0 aliphatic carbocycles. The van der Waals surface area contributed by atoms with E-state index in [1.807, 2.05) is 32.6 Å². The molecule has 0 spiro atoms. The van der Waals surface area contributed by atoms with Crippen molar-refractivity contribution < 1.29 is 4.74 Å². The van der Waals surface area contributed by atoms with Crippen molar-refractivity contribution in [2.75, 3.05) is 13.6 Å². The van der Waals surface area contributed by atoms with Crippen molar-refractivity contribution in [3.05, 3.63) is 39.2 Å². The van der Waals surface area contributed by atoms with Crippen LogP contribution in [0.4, 0.5) is 5.69 Å². The van der Waals surface area contributed by atoms with E-state index < -0.39 is 0 Å². The van der Waals surface area contributed by atoms with Crippen LogP contribution in [-0.4, -0.2) is 35.9 Å². The highest BCUT2D eigenvalue weighted by molar-refractivity contribution is 7.09. The van der Waals surface area contributed by atoms with E-state index in [1.54, 1.807) is 11.3 Å². The lowest BCUT2D eigenvalue weighted by molar-refractivity contribution is 0.234. The molecule has 0 bridgehead atoms. The van der Waals surface area contributed by atoms with E-state index in [0.717, 1.165) is 29.5 Å². The molecule has 0 N–H and O–H groups in total. The van der Waals surface area contributed by atoms with E-state index in [0.29, 0.717) is 0 Å². The van der Waals surface area contributed by atoms with Crippen molar-refractivity contribution >= 4 is 23.4 Å². The van der Waals surface area contributed by atoms with Crippen molar-refractivity contribution in [2.45, 2.75) is 47.1 Å². The Labute approximate surface area is 149 Å². The number of thiazole rings is 1. The summed E-state index contributed by atoms with van der Waals surface area (Å²) in [5.74, 6) is 0.725. The number of ether oxygens (including phenoxy) is 1. The van der Waals surface area contributed by atoms with Crippen LogP contribution in [0.2, 0.25) is 0 Å². The first-order valence-electron chi connectivity index (χ1n) is 8.34. The summed E-state index contributed by atoms with van der Waals surface area (Å²) in [5, 5.41) is 3.06. The highest BCUT2D eigenvalue weighted by atomic mass is 32.1. The Morgan fingerprint density at radius 2 is 2.04 bits per heavy atom. The van der Waals surface area contributed by atoms with E-state index in [-0.39, 0.29) is 6.10 Å². The van der Waals surface area contributed by atoms with Gasteiger partial charge in [0, 0.05) is 20.0 Å². The number of hydrogen-bond donors (Lipinski definition) is 0. The molecule has 0 radical (unpaired) electrons. The van der Waals surface area contributed by atoms with Crippen molar-refractivity contribution in [2.24, 2.45) is 4.99 Å². The largest absolute Gasteiger partial charge is 0.474 e. The summed E-state index contributed by atoms with van der Waals surface area (Å²) in [4.78, 5) is 11.2. The van der Waals surface area contributed by atoms with Crippen LogP contribution in [0.15, 0.2) is 22.5 Å². The zero-order valence-corrected chi connectivity index (χ0v) is 16.3. The fourth-order valence-corrected chi connectivity index (χ4v) is 2.99. The minimum atomic E-state index is 0.155. The zero-order valence-electron chi connectivity index (χ0n) is 15.5. The first-order chi connectivity index (χ1) is 11.4. The number of benzene rings is 1. The van der Waals surface area contributed by atoms with Gasteiger partial charge in [0.25, 0.3) is 0 Å². The summed E-state index contributed by atoms with van der Waals surface area (Å²) in [6.07, 6.45) is 2.87. The molecule has 0 saturated carbocycles. The second kappa shape index (κ2) is 8.29. The Bertz CT molecular complexity index is 707. The van der Waals surface area contributed by atoms with E-state index in [4.69, 9.17) is 4.74 Å². The normalized spacial score (nSPS) is 11.5. The average Bonchev–Trinajstić information content (AvgIpc) is 2.95. The number of hydrogen-bond acceptors (Lipinski definition) is 4. The molecule has 130 valence electrons. The molecule has 0 atom stereocenters. The molecule has 0 aliphatic heterocycles. The smallest absolute Gasteiger partial charge is 0.224 e. The summed E-state index contributed by atoms with van der Waals surface area (Å²) in [7, 11) is 2.03. The lowest BCUT2D eigenvalue weighted by Gasteiger charge is -2.11. The van der Waals surface area contributed by atoms with Gasteiger partial charge in [-0.25, -0.2) is 9.98 Å². The summed E-state index contributed by atoms with van der Waals surface area (Å²) in [5.41, 5.74) is 4.75. The molecular weight excluding hydrogens is 318 g/mol. The summed E-state index contributed by atoms with van der Waals surface area (Å²) < 4.78 is 5.65. The highest BCUT2D eigenvalue weighted by Gasteiger charge is 2.09. The van der Waals surface area contributed by atoms with Gasteiger partial charge in [-0.05, 0) is 57.4 Å². The Morgan fingerprint density at radius 3 is 2.71 bits per heavy atom. The van der Waals surface area contributed by atoms with E-state index in [2.05, 4.69) is 47.8 Å². The third-order valence-corrected chi connectivity index (χ3v) is 4.60. The average molecular weight is 346 g/mol. The maximum absolute atomic E-state index is 5.65. The van der Waals surface area contributed by atoms with Crippen LogP contribution in [0.25, 0.3) is 0 Å². The number of nitrogens with zero attached hydrogens (tertiary/aromatic N) is 3. The van der Waals surface area contributed by atoms with Crippen molar-refractivity contribution in [3.8, 4) is 5.88 Å². The van der Waals surface area contributed by atoms with E-state index in [1.165, 1.54) is 16.7 Å². The number of aliphatic imine (C=N–C) groups is 1. The van der Waals surface area contributed by atoms with Crippen LogP contribution in [0.3, 0.4) is 0 Å². The Morgan fingerprint density at radius 1 is 1.29 bits per heavy atom. The van der Waals surface area contributed by atoms with Crippen molar-refractivity contribution in [1.82, 2.24) is 9.88 Å². The van der Waals surface area contributed by atoms with Gasteiger partial charge < -0.3 is 9.64 Å². The van der Waals surface area contributed by atoms with Gasteiger partial charge in [-0.15, -0.1) is 11.3 Å². The predicted octanol–water partition coefficient (Wildman–Crippen LogP) is 4.75. The lowest BCUT2D eigenvalue weighted by Crippen LogP contribution is -2.14. The standard InChI is InChI=1S/C19H27N3OS/c1-7-22(6)12-20-17-9-14(4)16(8-15(17)5)10-19-21-18(11-24-19)23-13(2)3/h8-9,11-13H,7,10H2,1-6H3. The fourth-order valence-electron chi connectivity index (χ4n) is 2.27. The first-order valence-corrected chi connectivity index (χ1v) is 9.22. The fraction of sp³-hybridized carbons (Fsp3) is 0.474. The summed E-state index contributed by atoms with van der Waals surface area (Å²) >= 11 is 1.65. The zero-order chi connectivity index (χ0) is 17.7. The second-order valence-corrected chi connectivity index (χ2v) is 7.25. The van der Waals surface area contributed by atoms with Gasteiger partial charge in [0.1, 0.15) is 5.01 Å². The van der Waals surface area contributed by atoms with Gasteiger partial charge >= 0.3 is 0 Å². The molecule has 24 heavy (non-hydrogen) atoms. The molecule has 1 aromatic heterocycles. The monoisotopic (exact) mass is 345 g/mol. The topological polar surface area (TPSA) is 37.7 Å². The molecule has 4 nitrogen and oxygen atoms in total. The summed E-state index contributed by atoms with van der Waals surface area (Å²) in [6, 6.07) is 4.38. The minimum Gasteiger partial charge on any atom is -0.474 e. The van der Waals surface area contributed by atoms with Crippen molar-refractivity contribution in [1.29, 1.82) is 0 Å². The van der Waals surface area contributed by atoms with Crippen LogP contribution in [0.1, 0.15) is 42.5 Å². The quantitative estimate of drug-likeness (QED) is 0.537. The van der Waals surface area contributed by atoms with E-state index in [9.17, 15) is 0 Å². The Kier molecular flexibility index (Phi) is 6.37. The number of aryl methyl sites for hydroxylation is 2. The molecule has 5 heteroatoms. The molecule has 1 aromatic carbocycles. The number of rotatable bonds is 7. The van der Waals surface area contributed by atoms with Gasteiger partial charge in [-0.3, -0.25) is 0 Å². The molecular formula is C19H27N3OS. The molecule has 0 unspecified atom stereocenters. The highest BCUT2D eigenvalue weighted by Crippen LogP contribution is 2.27. The molecule has 0 fully saturated rings. The maximum atomic E-state index is 5.65. The van der Waals surface area contributed by atoms with Crippen LogP contribution in [0.5, 0.6) is 5.88 Å².